The number of amides is 3. The number of hydrogen-bond donors (Lipinski definition) is 3. The zero-order valence-electron chi connectivity index (χ0n) is 17.7. The molecule has 0 saturated carbocycles. The Bertz CT molecular complexity index is 977. The smallest absolute Gasteiger partial charge is 0.407 e. The fourth-order valence-electron chi connectivity index (χ4n) is 3.69. The Morgan fingerprint density at radius 3 is 2.09 bits per heavy atom. The van der Waals surface area contributed by atoms with E-state index in [1.54, 1.807) is 6.92 Å². The second kappa shape index (κ2) is 10.4. The van der Waals surface area contributed by atoms with Crippen LogP contribution in [0, 0.1) is 0 Å². The van der Waals surface area contributed by atoms with Crippen LogP contribution in [0.3, 0.4) is 0 Å². The van der Waals surface area contributed by atoms with Crippen molar-refractivity contribution in [3.05, 3.63) is 59.7 Å². The molecule has 0 aromatic heterocycles. The molecule has 0 bridgehead atoms. The first-order valence-corrected chi connectivity index (χ1v) is 10.3. The second-order valence-corrected chi connectivity index (χ2v) is 7.26. The van der Waals surface area contributed by atoms with E-state index < -0.39 is 30.4 Å². The molecule has 9 nitrogen and oxygen atoms in total. The van der Waals surface area contributed by atoms with Crippen molar-refractivity contribution in [2.45, 2.75) is 12.8 Å². The summed E-state index contributed by atoms with van der Waals surface area (Å²) in [7, 11) is 0. The molecule has 0 heterocycles. The molecule has 0 fully saturated rings. The van der Waals surface area contributed by atoms with E-state index in [9.17, 15) is 19.2 Å². The molecule has 1 aliphatic carbocycles. The minimum atomic E-state index is -1.14. The number of fused-ring (bicyclic) bond motifs is 3. The number of likely N-dealkylation sites (N-methyl/N-ethyl adjacent to an activating group) is 1. The van der Waals surface area contributed by atoms with E-state index in [1.807, 2.05) is 48.5 Å². The van der Waals surface area contributed by atoms with Crippen molar-refractivity contribution in [2.24, 2.45) is 0 Å². The maximum Gasteiger partial charge on any atom is 0.407 e. The summed E-state index contributed by atoms with van der Waals surface area (Å²) in [6, 6.07) is 15.9. The highest BCUT2D eigenvalue weighted by Crippen LogP contribution is 2.44. The first kappa shape index (κ1) is 22.8. The van der Waals surface area contributed by atoms with Gasteiger partial charge >= 0.3 is 12.1 Å². The normalized spacial score (nSPS) is 11.8. The topological polar surface area (TPSA) is 125 Å². The summed E-state index contributed by atoms with van der Waals surface area (Å²) in [6.07, 6.45) is -0.741. The molecule has 0 atom stereocenters. The maximum absolute atomic E-state index is 12.1. The fourth-order valence-corrected chi connectivity index (χ4v) is 3.69. The van der Waals surface area contributed by atoms with Crippen LogP contribution in [0.5, 0.6) is 0 Å². The maximum atomic E-state index is 12.1. The third kappa shape index (κ3) is 5.42. The molecule has 168 valence electrons. The lowest BCUT2D eigenvalue weighted by molar-refractivity contribution is -0.144. The number of ether oxygens (including phenoxy) is 1. The van der Waals surface area contributed by atoms with Crippen molar-refractivity contribution in [3.8, 4) is 11.1 Å². The van der Waals surface area contributed by atoms with Gasteiger partial charge in [-0.25, -0.2) is 4.79 Å². The standard InChI is InChI=1S/C23H25N3O6/c1-2-26(13-22(29)30)21(28)12-24-20(27)11-25-23(31)32-14-19-17-9-5-3-7-15(17)16-8-4-6-10-18(16)19/h3-10,19H,2,11-14H2,1H3,(H,24,27)(H,25,31)(H,29,30). The van der Waals surface area contributed by atoms with Crippen LogP contribution >= 0.6 is 0 Å². The molecular formula is C23H25N3O6. The van der Waals surface area contributed by atoms with Gasteiger partial charge < -0.3 is 25.4 Å². The number of alkyl carbamates (subject to hydrolysis) is 1. The Morgan fingerprint density at radius 1 is 0.938 bits per heavy atom. The minimum Gasteiger partial charge on any atom is -0.480 e. The monoisotopic (exact) mass is 439 g/mol. The van der Waals surface area contributed by atoms with Crippen LogP contribution in [-0.4, -0.2) is 66.7 Å². The molecule has 9 heteroatoms. The van der Waals surface area contributed by atoms with Crippen molar-refractivity contribution < 1.29 is 29.0 Å². The molecule has 0 spiro atoms. The van der Waals surface area contributed by atoms with Gasteiger partial charge in [0.25, 0.3) is 0 Å². The molecule has 0 radical (unpaired) electrons. The zero-order valence-corrected chi connectivity index (χ0v) is 17.7. The van der Waals surface area contributed by atoms with E-state index in [0.717, 1.165) is 27.2 Å². The summed E-state index contributed by atoms with van der Waals surface area (Å²) in [6.45, 7) is 0.811. The predicted octanol–water partition coefficient (Wildman–Crippen LogP) is 1.57. The lowest BCUT2D eigenvalue weighted by atomic mass is 9.98. The number of benzene rings is 2. The van der Waals surface area contributed by atoms with E-state index in [4.69, 9.17) is 9.84 Å². The summed E-state index contributed by atoms with van der Waals surface area (Å²) in [5, 5.41) is 13.5. The summed E-state index contributed by atoms with van der Waals surface area (Å²) in [5.41, 5.74) is 4.40. The quantitative estimate of drug-likeness (QED) is 0.545. The number of rotatable bonds is 9. The van der Waals surface area contributed by atoms with Gasteiger partial charge in [-0.3, -0.25) is 14.4 Å². The SMILES string of the molecule is CCN(CC(=O)O)C(=O)CNC(=O)CNC(=O)OCC1c2ccccc2-c2ccccc21. The van der Waals surface area contributed by atoms with E-state index in [-0.39, 0.29) is 32.2 Å². The van der Waals surface area contributed by atoms with Crippen LogP contribution in [0.1, 0.15) is 24.0 Å². The number of hydrogen-bond acceptors (Lipinski definition) is 5. The van der Waals surface area contributed by atoms with E-state index in [0.29, 0.717) is 0 Å². The number of carboxylic acid groups (broad SMARTS) is 1. The Balaban J connectivity index is 1.45. The van der Waals surface area contributed by atoms with E-state index in [2.05, 4.69) is 10.6 Å². The predicted molar refractivity (Wildman–Crippen MR) is 116 cm³/mol. The molecule has 0 saturated heterocycles. The first-order chi connectivity index (χ1) is 15.4. The van der Waals surface area contributed by atoms with Crippen LogP contribution < -0.4 is 10.6 Å². The van der Waals surface area contributed by atoms with Gasteiger partial charge in [-0.2, -0.15) is 0 Å². The van der Waals surface area contributed by atoms with Crippen LogP contribution in [-0.2, 0) is 19.1 Å². The number of nitrogens with one attached hydrogen (secondary N) is 2. The summed E-state index contributed by atoms with van der Waals surface area (Å²) < 4.78 is 5.34. The summed E-state index contributed by atoms with van der Waals surface area (Å²) in [5.74, 6) is -2.33. The highest BCUT2D eigenvalue weighted by atomic mass is 16.5. The van der Waals surface area contributed by atoms with Gasteiger partial charge in [-0.15, -0.1) is 0 Å². The number of carbonyl (C=O) groups is 4. The van der Waals surface area contributed by atoms with Crippen molar-refractivity contribution >= 4 is 23.9 Å². The molecule has 3 amide bonds. The van der Waals surface area contributed by atoms with Crippen molar-refractivity contribution in [3.63, 3.8) is 0 Å². The molecule has 1 aliphatic rings. The fraction of sp³-hybridized carbons (Fsp3) is 0.304. The van der Waals surface area contributed by atoms with Gasteiger partial charge in [0.2, 0.25) is 11.8 Å². The molecule has 3 N–H and O–H groups in total. The molecule has 3 rings (SSSR count). The first-order valence-electron chi connectivity index (χ1n) is 10.3. The molecule has 2 aromatic carbocycles. The summed E-state index contributed by atoms with van der Waals surface area (Å²) >= 11 is 0. The van der Waals surface area contributed by atoms with Gasteiger partial charge in [0.15, 0.2) is 0 Å². The third-order valence-electron chi connectivity index (χ3n) is 5.23. The minimum absolute atomic E-state index is 0.0890. The average molecular weight is 439 g/mol. The summed E-state index contributed by atoms with van der Waals surface area (Å²) in [4.78, 5) is 47.8. The zero-order chi connectivity index (χ0) is 23.1. The lowest BCUT2D eigenvalue weighted by Gasteiger charge is -2.18. The molecule has 0 aliphatic heterocycles. The number of nitrogens with zero attached hydrogens (tertiary/aromatic N) is 1. The lowest BCUT2D eigenvalue weighted by Crippen LogP contribution is -2.45. The van der Waals surface area contributed by atoms with Gasteiger partial charge in [0, 0.05) is 12.5 Å². The number of aliphatic carboxylic acids is 1. The van der Waals surface area contributed by atoms with Crippen LogP contribution in [0.4, 0.5) is 4.79 Å². The Morgan fingerprint density at radius 2 is 1.53 bits per heavy atom. The van der Waals surface area contributed by atoms with Gasteiger partial charge in [0.1, 0.15) is 19.7 Å². The van der Waals surface area contributed by atoms with Crippen LogP contribution in [0.15, 0.2) is 48.5 Å². The highest BCUT2D eigenvalue weighted by molar-refractivity contribution is 5.88. The highest BCUT2D eigenvalue weighted by Gasteiger charge is 2.29. The van der Waals surface area contributed by atoms with Crippen molar-refractivity contribution in [2.75, 3.05) is 32.8 Å². The third-order valence-corrected chi connectivity index (χ3v) is 5.23. The largest absolute Gasteiger partial charge is 0.480 e. The van der Waals surface area contributed by atoms with Crippen molar-refractivity contribution in [1.29, 1.82) is 0 Å². The molecule has 32 heavy (non-hydrogen) atoms. The average Bonchev–Trinajstić information content (AvgIpc) is 3.11. The van der Waals surface area contributed by atoms with Crippen molar-refractivity contribution in [1.82, 2.24) is 15.5 Å². The molecule has 0 unspecified atom stereocenters. The molecule has 2 aromatic rings. The van der Waals surface area contributed by atoms with Crippen LogP contribution in [0.25, 0.3) is 11.1 Å². The van der Waals surface area contributed by atoms with Crippen LogP contribution in [0.2, 0.25) is 0 Å². The second-order valence-electron chi connectivity index (χ2n) is 7.26. The van der Waals surface area contributed by atoms with Gasteiger partial charge in [-0.1, -0.05) is 48.5 Å². The Labute approximate surface area is 185 Å². The van der Waals surface area contributed by atoms with E-state index in [1.165, 1.54) is 0 Å². The Hall–Kier alpha value is -3.88. The number of carboxylic acids is 1. The van der Waals surface area contributed by atoms with E-state index >= 15 is 0 Å². The van der Waals surface area contributed by atoms with Gasteiger partial charge in [-0.05, 0) is 29.2 Å². The Kier molecular flexibility index (Phi) is 7.43. The number of carbonyl (C=O) groups excluding carboxylic acids is 3. The molecular weight excluding hydrogens is 414 g/mol. The van der Waals surface area contributed by atoms with Gasteiger partial charge in [0.05, 0.1) is 6.54 Å².